The molecule has 192 valence electrons. The molecule has 1 N–H and O–H groups in total. The molecule has 2 fully saturated rings. The zero-order valence-corrected chi connectivity index (χ0v) is 19.7. The molecular weight excluding hydrogens is 490 g/mol. The van der Waals surface area contributed by atoms with Crippen LogP contribution in [0.25, 0.3) is 11.1 Å². The average Bonchev–Trinajstić information content (AvgIpc) is 2.85. The van der Waals surface area contributed by atoms with Crippen LogP contribution in [0.15, 0.2) is 42.9 Å². The van der Waals surface area contributed by atoms with Crippen LogP contribution in [-0.4, -0.2) is 50.7 Å². The maximum atomic E-state index is 14.7. The van der Waals surface area contributed by atoms with Gasteiger partial charge in [-0.3, -0.25) is 14.6 Å². The van der Waals surface area contributed by atoms with Crippen molar-refractivity contribution < 1.29 is 27.2 Å². The van der Waals surface area contributed by atoms with Crippen LogP contribution in [0.4, 0.5) is 23.2 Å². The Morgan fingerprint density at radius 2 is 1.68 bits per heavy atom. The molecule has 5 rings (SSSR count). The number of benzene rings is 1. The largest absolute Gasteiger partial charge is 0.336 e. The molecule has 2 aliphatic rings. The van der Waals surface area contributed by atoms with Crippen molar-refractivity contribution in [3.05, 3.63) is 71.6 Å². The second-order valence-electron chi connectivity index (χ2n) is 9.27. The fourth-order valence-corrected chi connectivity index (χ4v) is 4.56. The van der Waals surface area contributed by atoms with Crippen LogP contribution >= 0.6 is 0 Å². The monoisotopic (exact) mass is 513 g/mol. The van der Waals surface area contributed by atoms with Crippen molar-refractivity contribution in [1.29, 1.82) is 0 Å². The number of alkyl halides is 2. The van der Waals surface area contributed by atoms with Crippen molar-refractivity contribution in [2.75, 3.05) is 18.4 Å². The van der Waals surface area contributed by atoms with Gasteiger partial charge in [-0.25, -0.2) is 27.5 Å². The summed E-state index contributed by atoms with van der Waals surface area (Å²) in [4.78, 5) is 39.4. The van der Waals surface area contributed by atoms with Crippen molar-refractivity contribution in [3.63, 3.8) is 0 Å². The van der Waals surface area contributed by atoms with E-state index in [1.54, 1.807) is 4.90 Å². The molecule has 0 radical (unpaired) electrons. The molecule has 1 saturated heterocycles. The predicted molar refractivity (Wildman–Crippen MR) is 126 cm³/mol. The van der Waals surface area contributed by atoms with Gasteiger partial charge in [-0.2, -0.15) is 0 Å². The molecule has 0 atom stereocenters. The highest BCUT2D eigenvalue weighted by Gasteiger charge is 2.37. The minimum Gasteiger partial charge on any atom is -0.336 e. The third kappa shape index (κ3) is 5.16. The molecule has 0 spiro atoms. The maximum absolute atomic E-state index is 14.7. The number of hydrogen-bond acceptors (Lipinski definition) is 5. The summed E-state index contributed by atoms with van der Waals surface area (Å²) in [7, 11) is 0. The normalized spacial score (nSPS) is 17.2. The number of carbonyl (C=O) groups excluding carboxylic acids is 2. The molecule has 2 aromatic heterocycles. The Hall–Kier alpha value is -3.89. The van der Waals surface area contributed by atoms with Crippen LogP contribution < -0.4 is 5.32 Å². The summed E-state index contributed by atoms with van der Waals surface area (Å²) in [6.45, 7) is 1.25. The third-order valence-corrected chi connectivity index (χ3v) is 6.79. The predicted octanol–water partition coefficient (Wildman–Crippen LogP) is 5.21. The number of rotatable bonds is 5. The Kier molecular flexibility index (Phi) is 6.61. The molecule has 2 amide bonds. The Morgan fingerprint density at radius 1 is 0.973 bits per heavy atom. The van der Waals surface area contributed by atoms with Gasteiger partial charge in [0.15, 0.2) is 0 Å². The van der Waals surface area contributed by atoms with Crippen molar-refractivity contribution in [3.8, 4) is 11.1 Å². The zero-order chi connectivity index (χ0) is 26.2. The van der Waals surface area contributed by atoms with E-state index >= 15 is 0 Å². The summed E-state index contributed by atoms with van der Waals surface area (Å²) in [5.74, 6) is -5.63. The smallest absolute Gasteiger partial charge is 0.291 e. The maximum Gasteiger partial charge on any atom is 0.291 e. The quantitative estimate of drug-likeness (QED) is 0.474. The summed E-state index contributed by atoms with van der Waals surface area (Å²) in [5.41, 5.74) is 0.504. The van der Waals surface area contributed by atoms with Gasteiger partial charge in [0.25, 0.3) is 11.8 Å². The third-order valence-electron chi connectivity index (χ3n) is 6.79. The number of amides is 2. The first-order valence-electron chi connectivity index (χ1n) is 12.0. The number of nitrogens with one attached hydrogen (secondary N) is 1. The van der Waals surface area contributed by atoms with Gasteiger partial charge in [0.05, 0.1) is 16.9 Å². The Morgan fingerprint density at radius 3 is 2.32 bits per heavy atom. The van der Waals surface area contributed by atoms with Crippen LogP contribution in [-0.2, 0) is 0 Å². The van der Waals surface area contributed by atoms with Gasteiger partial charge < -0.3 is 10.2 Å². The lowest BCUT2D eigenvalue weighted by Gasteiger charge is -2.30. The highest BCUT2D eigenvalue weighted by molar-refractivity contribution is 6.06. The number of halogens is 4. The molecule has 0 unspecified atom stereocenters. The van der Waals surface area contributed by atoms with E-state index in [4.69, 9.17) is 0 Å². The van der Waals surface area contributed by atoms with E-state index in [-0.39, 0.29) is 59.8 Å². The lowest BCUT2D eigenvalue weighted by Crippen LogP contribution is -2.42. The van der Waals surface area contributed by atoms with E-state index in [1.165, 1.54) is 24.7 Å². The Bertz CT molecular complexity index is 1340. The van der Waals surface area contributed by atoms with Crippen LogP contribution in [0.1, 0.15) is 64.7 Å². The minimum absolute atomic E-state index is 0.0239. The van der Waals surface area contributed by atoms with Crippen molar-refractivity contribution in [2.45, 2.75) is 43.9 Å². The molecule has 1 saturated carbocycles. The second-order valence-corrected chi connectivity index (χ2v) is 9.27. The van der Waals surface area contributed by atoms with Gasteiger partial charge in [-0.1, -0.05) is 0 Å². The average molecular weight is 513 g/mol. The second kappa shape index (κ2) is 9.87. The molecule has 7 nitrogen and oxygen atoms in total. The molecule has 0 bridgehead atoms. The molecule has 1 aliphatic carbocycles. The fourth-order valence-electron chi connectivity index (χ4n) is 4.56. The zero-order valence-electron chi connectivity index (χ0n) is 19.7. The Balaban J connectivity index is 1.49. The highest BCUT2D eigenvalue weighted by atomic mass is 19.3. The number of nitrogens with zero attached hydrogens (tertiary/aromatic N) is 4. The first-order valence-corrected chi connectivity index (χ1v) is 12.0. The van der Waals surface area contributed by atoms with Crippen LogP contribution in [0.5, 0.6) is 0 Å². The first-order chi connectivity index (χ1) is 17.7. The molecule has 3 aromatic rings. The lowest BCUT2D eigenvalue weighted by molar-refractivity contribution is -0.0384. The van der Waals surface area contributed by atoms with E-state index in [0.717, 1.165) is 24.6 Å². The number of hydrogen-bond donors (Lipinski definition) is 1. The van der Waals surface area contributed by atoms with Crippen molar-refractivity contribution in [1.82, 2.24) is 19.9 Å². The number of carbonyl (C=O) groups is 2. The van der Waals surface area contributed by atoms with Crippen LogP contribution in [0, 0.1) is 11.6 Å². The molecule has 1 aliphatic heterocycles. The van der Waals surface area contributed by atoms with Crippen molar-refractivity contribution in [2.24, 2.45) is 0 Å². The van der Waals surface area contributed by atoms with Gasteiger partial charge in [-0.15, -0.1) is 0 Å². The number of anilines is 1. The van der Waals surface area contributed by atoms with E-state index in [2.05, 4.69) is 20.3 Å². The van der Waals surface area contributed by atoms with Crippen LogP contribution in [0.2, 0.25) is 0 Å². The summed E-state index contributed by atoms with van der Waals surface area (Å²) in [6.07, 6.45) is 4.26. The van der Waals surface area contributed by atoms with E-state index in [1.807, 2.05) is 0 Å². The van der Waals surface area contributed by atoms with Crippen molar-refractivity contribution >= 4 is 17.5 Å². The van der Waals surface area contributed by atoms with Crippen LogP contribution in [0.3, 0.4) is 0 Å². The standard InChI is InChI=1S/C26H23F4N5O2/c27-17-2-3-20(28)19(12-17)18-6-9-31-21(15-4-7-26(29,30)8-5-15)22(18)34-24(36)16-13-32-23(33-14-16)25(37)35-10-1-11-35/h2-3,6,9,12-15H,1,4-5,7-8,10-11H2,(H,34,36). The summed E-state index contributed by atoms with van der Waals surface area (Å²) in [5, 5.41) is 2.70. The minimum atomic E-state index is -2.78. The summed E-state index contributed by atoms with van der Waals surface area (Å²) < 4.78 is 56.4. The van der Waals surface area contributed by atoms with Gasteiger partial charge >= 0.3 is 0 Å². The topological polar surface area (TPSA) is 88.1 Å². The van der Waals surface area contributed by atoms with E-state index < -0.39 is 29.4 Å². The molecule has 3 heterocycles. The molecular formula is C26H23F4N5O2. The number of aromatic nitrogens is 3. The van der Waals surface area contributed by atoms with Gasteiger partial charge in [0.1, 0.15) is 11.6 Å². The summed E-state index contributed by atoms with van der Waals surface area (Å²) in [6, 6.07) is 4.38. The number of pyridine rings is 1. The van der Waals surface area contributed by atoms with Gasteiger partial charge in [0, 0.05) is 61.6 Å². The highest BCUT2D eigenvalue weighted by Crippen LogP contribution is 2.44. The fraction of sp³-hybridized carbons (Fsp3) is 0.346. The Labute approximate surface area is 210 Å². The molecule has 1 aromatic carbocycles. The van der Waals surface area contributed by atoms with E-state index in [0.29, 0.717) is 18.8 Å². The number of likely N-dealkylation sites (tertiary alicyclic amines) is 1. The SMILES string of the molecule is O=C(Nc1c(-c2cc(F)ccc2F)ccnc1C1CCC(F)(F)CC1)c1cnc(C(=O)N2CCC2)nc1. The molecule has 37 heavy (non-hydrogen) atoms. The lowest BCUT2D eigenvalue weighted by atomic mass is 9.83. The first kappa shape index (κ1) is 24.8. The summed E-state index contributed by atoms with van der Waals surface area (Å²) >= 11 is 0. The van der Waals surface area contributed by atoms with Gasteiger partial charge in [-0.05, 0) is 43.5 Å². The molecule has 11 heteroatoms. The van der Waals surface area contributed by atoms with E-state index in [9.17, 15) is 27.2 Å². The van der Waals surface area contributed by atoms with Gasteiger partial charge in [0.2, 0.25) is 11.7 Å².